The molecular formula is C21H38N2O4. The van der Waals surface area contributed by atoms with Gasteiger partial charge in [-0.15, -0.1) is 0 Å². The van der Waals surface area contributed by atoms with Crippen LogP contribution >= 0.6 is 0 Å². The predicted octanol–water partition coefficient (Wildman–Crippen LogP) is 3.54. The zero-order valence-corrected chi connectivity index (χ0v) is 18.3. The van der Waals surface area contributed by atoms with Gasteiger partial charge in [0.05, 0.1) is 13.0 Å². The quantitative estimate of drug-likeness (QED) is 0.699. The Morgan fingerprint density at radius 3 is 2.15 bits per heavy atom. The summed E-state index contributed by atoms with van der Waals surface area (Å²) in [5.41, 5.74) is -0.308. The van der Waals surface area contributed by atoms with Gasteiger partial charge >= 0.3 is 12.1 Å². The van der Waals surface area contributed by atoms with Gasteiger partial charge in [-0.05, 0) is 52.0 Å². The average Bonchev–Trinajstić information content (AvgIpc) is 2.89. The van der Waals surface area contributed by atoms with Crippen LogP contribution in [0.1, 0.15) is 60.8 Å². The summed E-state index contributed by atoms with van der Waals surface area (Å²) in [6.07, 6.45) is 2.48. The zero-order valence-electron chi connectivity index (χ0n) is 18.3. The third kappa shape index (κ3) is 5.84. The number of hydrogen-bond acceptors (Lipinski definition) is 5. The molecule has 1 spiro atoms. The zero-order chi connectivity index (χ0) is 20.5. The number of nitrogens with zero attached hydrogens (tertiary/aromatic N) is 2. The molecule has 156 valence electrons. The molecule has 0 aromatic carbocycles. The number of methoxy groups -OCH3 is 1. The molecule has 0 N–H and O–H groups in total. The minimum absolute atomic E-state index is 0.0938. The number of amides is 1. The van der Waals surface area contributed by atoms with Gasteiger partial charge in [0.25, 0.3) is 0 Å². The second-order valence-electron chi connectivity index (χ2n) is 10.5. The van der Waals surface area contributed by atoms with Gasteiger partial charge in [0.1, 0.15) is 5.60 Å². The van der Waals surface area contributed by atoms with Gasteiger partial charge in [-0.2, -0.15) is 0 Å². The van der Waals surface area contributed by atoms with Crippen molar-refractivity contribution < 1.29 is 19.1 Å². The smallest absolute Gasteiger partial charge is 0.410 e. The summed E-state index contributed by atoms with van der Waals surface area (Å²) in [6.45, 7) is 16.3. The van der Waals surface area contributed by atoms with Crippen molar-refractivity contribution in [1.82, 2.24) is 9.80 Å². The molecule has 1 unspecified atom stereocenters. The maximum absolute atomic E-state index is 12.5. The van der Waals surface area contributed by atoms with Crippen LogP contribution in [0.25, 0.3) is 0 Å². The molecule has 2 aliphatic heterocycles. The molecule has 0 radical (unpaired) electrons. The van der Waals surface area contributed by atoms with E-state index in [4.69, 9.17) is 9.47 Å². The van der Waals surface area contributed by atoms with E-state index in [1.165, 1.54) is 7.11 Å². The maximum atomic E-state index is 12.5. The summed E-state index contributed by atoms with van der Waals surface area (Å²) < 4.78 is 10.6. The van der Waals surface area contributed by atoms with Crippen LogP contribution in [0.3, 0.4) is 0 Å². The SMILES string of the molecule is COC(=O)C1CN(CCC(C)(C)C)CC12CCN(C(=O)OC(C)(C)C)CC2. The second kappa shape index (κ2) is 7.98. The van der Waals surface area contributed by atoms with Gasteiger partial charge in [0.2, 0.25) is 0 Å². The first-order valence-electron chi connectivity index (χ1n) is 10.1. The number of ether oxygens (including phenoxy) is 2. The first-order chi connectivity index (χ1) is 12.4. The molecule has 0 saturated carbocycles. The van der Waals surface area contributed by atoms with Gasteiger partial charge in [0.15, 0.2) is 0 Å². The Balaban J connectivity index is 2.03. The highest BCUT2D eigenvalue weighted by atomic mass is 16.6. The van der Waals surface area contributed by atoms with Crippen LogP contribution in [-0.4, -0.2) is 67.3 Å². The number of esters is 1. The van der Waals surface area contributed by atoms with E-state index in [-0.39, 0.29) is 28.8 Å². The summed E-state index contributed by atoms with van der Waals surface area (Å²) in [5, 5.41) is 0. The number of hydrogen-bond donors (Lipinski definition) is 0. The molecule has 2 heterocycles. The molecule has 1 atom stereocenters. The fourth-order valence-electron chi connectivity index (χ4n) is 4.17. The van der Waals surface area contributed by atoms with E-state index in [9.17, 15) is 9.59 Å². The molecule has 27 heavy (non-hydrogen) atoms. The van der Waals surface area contributed by atoms with E-state index in [2.05, 4.69) is 25.7 Å². The number of piperidine rings is 1. The highest BCUT2D eigenvalue weighted by Crippen LogP contribution is 2.45. The van der Waals surface area contributed by atoms with Crippen molar-refractivity contribution >= 4 is 12.1 Å². The van der Waals surface area contributed by atoms with Crippen molar-refractivity contribution in [2.75, 3.05) is 39.8 Å². The van der Waals surface area contributed by atoms with Crippen molar-refractivity contribution in [2.45, 2.75) is 66.4 Å². The Bertz CT molecular complexity index is 539. The first kappa shape index (κ1) is 22.0. The third-order valence-corrected chi connectivity index (χ3v) is 5.79. The Morgan fingerprint density at radius 1 is 1.07 bits per heavy atom. The summed E-state index contributed by atoms with van der Waals surface area (Å²) >= 11 is 0. The highest BCUT2D eigenvalue weighted by molar-refractivity contribution is 5.74. The molecule has 2 aliphatic rings. The van der Waals surface area contributed by atoms with Gasteiger partial charge in [-0.25, -0.2) is 4.79 Å². The molecule has 6 heteroatoms. The van der Waals surface area contributed by atoms with Crippen LogP contribution in [0.2, 0.25) is 0 Å². The van der Waals surface area contributed by atoms with Crippen LogP contribution in [0.5, 0.6) is 0 Å². The normalized spacial score (nSPS) is 23.5. The average molecular weight is 383 g/mol. The standard InChI is InChI=1S/C21H38N2O4/c1-19(2,3)8-11-22-14-16(17(24)26-7)21(15-22)9-12-23(13-10-21)18(25)27-20(4,5)6/h16H,8-15H2,1-7H3. The number of carbonyl (C=O) groups excluding carboxylic acids is 2. The van der Waals surface area contributed by atoms with E-state index in [1.807, 2.05) is 20.8 Å². The van der Waals surface area contributed by atoms with E-state index in [0.29, 0.717) is 13.1 Å². The predicted molar refractivity (Wildman–Crippen MR) is 105 cm³/mol. The lowest BCUT2D eigenvalue weighted by molar-refractivity contribution is -0.149. The molecule has 0 aliphatic carbocycles. The van der Waals surface area contributed by atoms with Crippen molar-refractivity contribution in [2.24, 2.45) is 16.7 Å². The molecule has 2 saturated heterocycles. The topological polar surface area (TPSA) is 59.1 Å². The van der Waals surface area contributed by atoms with Gasteiger partial charge < -0.3 is 19.3 Å². The Hall–Kier alpha value is -1.30. The van der Waals surface area contributed by atoms with Crippen LogP contribution in [0.15, 0.2) is 0 Å². The maximum Gasteiger partial charge on any atom is 0.410 e. The van der Waals surface area contributed by atoms with Crippen LogP contribution in [-0.2, 0) is 14.3 Å². The number of rotatable bonds is 3. The van der Waals surface area contributed by atoms with E-state index in [1.54, 1.807) is 4.90 Å². The minimum atomic E-state index is -0.488. The first-order valence-corrected chi connectivity index (χ1v) is 10.1. The largest absolute Gasteiger partial charge is 0.469 e. The number of carbonyl (C=O) groups is 2. The highest BCUT2D eigenvalue weighted by Gasteiger charge is 2.52. The van der Waals surface area contributed by atoms with Crippen LogP contribution in [0.4, 0.5) is 4.79 Å². The molecule has 2 rings (SSSR count). The Kier molecular flexibility index (Phi) is 6.50. The van der Waals surface area contributed by atoms with Gasteiger partial charge in [-0.1, -0.05) is 20.8 Å². The van der Waals surface area contributed by atoms with Crippen LogP contribution < -0.4 is 0 Å². The number of likely N-dealkylation sites (tertiary alicyclic amines) is 2. The minimum Gasteiger partial charge on any atom is -0.469 e. The summed E-state index contributed by atoms with van der Waals surface area (Å²) in [5.74, 6) is -0.220. The fraction of sp³-hybridized carbons (Fsp3) is 0.905. The summed E-state index contributed by atoms with van der Waals surface area (Å²) in [4.78, 5) is 29.0. The third-order valence-electron chi connectivity index (χ3n) is 5.79. The molecular weight excluding hydrogens is 344 g/mol. The molecule has 0 aromatic rings. The van der Waals surface area contributed by atoms with Crippen molar-refractivity contribution in [3.05, 3.63) is 0 Å². The van der Waals surface area contributed by atoms with Crippen LogP contribution in [0, 0.1) is 16.7 Å². The fourth-order valence-corrected chi connectivity index (χ4v) is 4.17. The Labute approximate surface area is 164 Å². The lowest BCUT2D eigenvalue weighted by Gasteiger charge is -2.42. The van der Waals surface area contributed by atoms with E-state index < -0.39 is 5.60 Å². The van der Waals surface area contributed by atoms with E-state index in [0.717, 1.165) is 38.9 Å². The van der Waals surface area contributed by atoms with Gasteiger partial charge in [-0.3, -0.25) is 4.79 Å². The lowest BCUT2D eigenvalue weighted by Crippen LogP contribution is -2.49. The second-order valence-corrected chi connectivity index (χ2v) is 10.5. The summed E-state index contributed by atoms with van der Waals surface area (Å²) in [7, 11) is 1.48. The molecule has 0 aromatic heterocycles. The monoisotopic (exact) mass is 382 g/mol. The summed E-state index contributed by atoms with van der Waals surface area (Å²) in [6, 6.07) is 0. The molecule has 1 amide bonds. The van der Waals surface area contributed by atoms with Crippen molar-refractivity contribution in [3.63, 3.8) is 0 Å². The molecule has 2 fully saturated rings. The van der Waals surface area contributed by atoms with E-state index >= 15 is 0 Å². The van der Waals surface area contributed by atoms with Crippen molar-refractivity contribution in [3.8, 4) is 0 Å². The van der Waals surface area contributed by atoms with Gasteiger partial charge in [0, 0.05) is 31.6 Å². The van der Waals surface area contributed by atoms with Crippen molar-refractivity contribution in [1.29, 1.82) is 0 Å². The molecule has 6 nitrogen and oxygen atoms in total. The lowest BCUT2D eigenvalue weighted by atomic mass is 9.71. The molecule has 0 bridgehead atoms. The Morgan fingerprint density at radius 2 is 1.67 bits per heavy atom.